The number of ketones is 1. The summed E-state index contributed by atoms with van der Waals surface area (Å²) in [4.78, 5) is 15.0. The van der Waals surface area contributed by atoms with Gasteiger partial charge in [-0.05, 0) is 52.1 Å². The van der Waals surface area contributed by atoms with Crippen LogP contribution in [-0.4, -0.2) is 23.8 Å². The first-order valence-corrected chi connectivity index (χ1v) is 8.72. The molecule has 0 atom stereocenters. The molecule has 0 radical (unpaired) electrons. The molecule has 3 aromatic carbocycles. The monoisotopic (exact) mass is 313 g/mol. The van der Waals surface area contributed by atoms with E-state index < -0.39 is 0 Å². The van der Waals surface area contributed by atoms with Crippen LogP contribution in [0.3, 0.4) is 0 Å². The van der Waals surface area contributed by atoms with Crippen LogP contribution < -0.4 is 0 Å². The van der Waals surface area contributed by atoms with Crippen LogP contribution in [0.25, 0.3) is 27.6 Å². The Labute approximate surface area is 141 Å². The van der Waals surface area contributed by atoms with Crippen molar-refractivity contribution in [3.05, 3.63) is 65.9 Å². The summed E-state index contributed by atoms with van der Waals surface area (Å²) in [5, 5.41) is 4.98. The SMILES string of the molecule is O=C1C(=Cc2cc3ccccc3c3ccccc23)N2CCC1CC2. The van der Waals surface area contributed by atoms with E-state index in [4.69, 9.17) is 0 Å². The van der Waals surface area contributed by atoms with Crippen molar-refractivity contribution in [2.75, 3.05) is 13.1 Å². The van der Waals surface area contributed by atoms with Gasteiger partial charge in [-0.25, -0.2) is 0 Å². The third kappa shape index (κ3) is 1.99. The summed E-state index contributed by atoms with van der Waals surface area (Å²) in [5.74, 6) is 0.581. The number of rotatable bonds is 1. The average molecular weight is 313 g/mol. The van der Waals surface area contributed by atoms with Crippen molar-refractivity contribution in [1.82, 2.24) is 4.90 Å². The number of Topliss-reactive ketones (excluding diaryl/α,β-unsaturated/α-hetero) is 1. The second-order valence-electron chi connectivity index (χ2n) is 6.89. The molecule has 0 N–H and O–H groups in total. The van der Waals surface area contributed by atoms with Crippen LogP contribution in [0.15, 0.2) is 60.3 Å². The molecule has 24 heavy (non-hydrogen) atoms. The molecule has 0 spiro atoms. The Balaban J connectivity index is 1.77. The lowest BCUT2D eigenvalue weighted by Crippen LogP contribution is -2.45. The Morgan fingerprint density at radius 3 is 2.29 bits per heavy atom. The second kappa shape index (κ2) is 5.20. The van der Waals surface area contributed by atoms with Gasteiger partial charge in [0.05, 0.1) is 5.70 Å². The van der Waals surface area contributed by atoms with Crippen LogP contribution in [0.1, 0.15) is 18.4 Å². The van der Waals surface area contributed by atoms with Gasteiger partial charge in [-0.15, -0.1) is 0 Å². The number of carbonyl (C=O) groups excluding carboxylic acids is 1. The van der Waals surface area contributed by atoms with Crippen molar-refractivity contribution in [2.45, 2.75) is 12.8 Å². The zero-order valence-electron chi connectivity index (χ0n) is 13.5. The van der Waals surface area contributed by atoms with Crippen LogP contribution in [0.4, 0.5) is 0 Å². The van der Waals surface area contributed by atoms with Gasteiger partial charge >= 0.3 is 0 Å². The Morgan fingerprint density at radius 2 is 1.54 bits per heavy atom. The Kier molecular flexibility index (Phi) is 2.99. The van der Waals surface area contributed by atoms with Gasteiger partial charge < -0.3 is 4.90 Å². The predicted octanol–water partition coefficient (Wildman–Crippen LogP) is 4.63. The van der Waals surface area contributed by atoms with E-state index in [2.05, 4.69) is 65.6 Å². The van der Waals surface area contributed by atoms with E-state index in [1.54, 1.807) is 0 Å². The highest BCUT2D eigenvalue weighted by molar-refractivity contribution is 6.12. The second-order valence-corrected chi connectivity index (χ2v) is 6.89. The van der Waals surface area contributed by atoms with Crippen LogP contribution in [-0.2, 0) is 4.79 Å². The van der Waals surface area contributed by atoms with Crippen LogP contribution in [0.5, 0.6) is 0 Å². The molecule has 2 bridgehead atoms. The van der Waals surface area contributed by atoms with Crippen molar-refractivity contribution in [1.29, 1.82) is 0 Å². The van der Waals surface area contributed by atoms with E-state index in [-0.39, 0.29) is 5.92 Å². The summed E-state index contributed by atoms with van der Waals surface area (Å²) >= 11 is 0. The van der Waals surface area contributed by atoms with Crippen molar-refractivity contribution < 1.29 is 4.79 Å². The first kappa shape index (κ1) is 13.8. The molecule has 3 heterocycles. The summed E-state index contributed by atoms with van der Waals surface area (Å²) < 4.78 is 0. The molecular formula is C22H19NO. The number of hydrogen-bond donors (Lipinski definition) is 0. The topological polar surface area (TPSA) is 20.3 Å². The van der Waals surface area contributed by atoms with Crippen LogP contribution >= 0.6 is 0 Å². The molecule has 3 fully saturated rings. The van der Waals surface area contributed by atoms with Crippen molar-refractivity contribution in [2.24, 2.45) is 5.92 Å². The summed E-state index contributed by atoms with van der Waals surface area (Å²) in [6, 6.07) is 19.2. The highest BCUT2D eigenvalue weighted by Crippen LogP contribution is 2.35. The molecule has 0 unspecified atom stereocenters. The van der Waals surface area contributed by atoms with Crippen LogP contribution in [0, 0.1) is 5.92 Å². The molecule has 2 heteroatoms. The summed E-state index contributed by atoms with van der Waals surface area (Å²) in [5.41, 5.74) is 2.07. The van der Waals surface area contributed by atoms with Crippen molar-refractivity contribution >= 4 is 33.4 Å². The number of nitrogens with zero attached hydrogens (tertiary/aromatic N) is 1. The van der Waals surface area contributed by atoms with E-state index in [1.165, 1.54) is 21.5 Å². The lowest BCUT2D eigenvalue weighted by atomic mass is 9.84. The van der Waals surface area contributed by atoms with Gasteiger partial charge in [0.15, 0.2) is 5.78 Å². The summed E-state index contributed by atoms with van der Waals surface area (Å²) in [6.45, 7) is 2.04. The Bertz CT molecular complexity index is 993. The number of benzene rings is 3. The fourth-order valence-electron chi connectivity index (χ4n) is 4.26. The van der Waals surface area contributed by atoms with Gasteiger partial charge in [0.25, 0.3) is 0 Å². The quantitative estimate of drug-likeness (QED) is 0.482. The molecule has 3 saturated heterocycles. The minimum atomic E-state index is 0.243. The lowest BCUT2D eigenvalue weighted by Gasteiger charge is -2.41. The largest absolute Gasteiger partial charge is 0.369 e. The molecule has 0 amide bonds. The van der Waals surface area contributed by atoms with Crippen molar-refractivity contribution in [3.8, 4) is 0 Å². The number of piperidine rings is 3. The zero-order chi connectivity index (χ0) is 16.1. The molecule has 118 valence electrons. The molecule has 2 nitrogen and oxygen atoms in total. The molecule has 0 aromatic heterocycles. The van der Waals surface area contributed by atoms with E-state index in [9.17, 15) is 4.79 Å². The normalized spacial score (nSPS) is 19.8. The summed E-state index contributed by atoms with van der Waals surface area (Å²) in [7, 11) is 0. The van der Waals surface area contributed by atoms with Gasteiger partial charge in [0.1, 0.15) is 0 Å². The molecule has 0 aliphatic carbocycles. The van der Waals surface area contributed by atoms with E-state index in [0.717, 1.165) is 37.2 Å². The first-order chi connectivity index (χ1) is 11.8. The number of carbonyl (C=O) groups is 1. The minimum absolute atomic E-state index is 0.243. The van der Waals surface area contributed by atoms with E-state index in [0.29, 0.717) is 5.78 Å². The average Bonchev–Trinajstić information content (AvgIpc) is 2.65. The molecular weight excluding hydrogens is 294 g/mol. The highest BCUT2D eigenvalue weighted by atomic mass is 16.1. The van der Waals surface area contributed by atoms with Gasteiger partial charge in [-0.2, -0.15) is 0 Å². The number of fused-ring (bicyclic) bond motifs is 6. The fraction of sp³-hybridized carbons (Fsp3) is 0.227. The molecule has 6 rings (SSSR count). The maximum Gasteiger partial charge on any atom is 0.182 e. The standard InChI is InChI=1S/C22H19NO/c24-22-15-9-11-23(12-10-15)21(22)14-17-13-16-5-1-2-6-18(16)20-8-4-3-7-19(17)20/h1-8,13-15H,9-12H2. The fourth-order valence-corrected chi connectivity index (χ4v) is 4.26. The lowest BCUT2D eigenvalue weighted by molar-refractivity contribution is -0.125. The first-order valence-electron chi connectivity index (χ1n) is 8.72. The van der Waals surface area contributed by atoms with Gasteiger partial charge in [-0.1, -0.05) is 48.5 Å². The van der Waals surface area contributed by atoms with Crippen molar-refractivity contribution in [3.63, 3.8) is 0 Å². The summed E-state index contributed by atoms with van der Waals surface area (Å²) in [6.07, 6.45) is 4.17. The minimum Gasteiger partial charge on any atom is -0.369 e. The third-order valence-corrected chi connectivity index (χ3v) is 5.55. The molecule has 3 aliphatic heterocycles. The zero-order valence-corrected chi connectivity index (χ0v) is 13.5. The van der Waals surface area contributed by atoms with Gasteiger partial charge in [-0.3, -0.25) is 4.79 Å². The smallest absolute Gasteiger partial charge is 0.182 e. The van der Waals surface area contributed by atoms with Crippen LogP contribution in [0.2, 0.25) is 0 Å². The number of hydrogen-bond acceptors (Lipinski definition) is 2. The third-order valence-electron chi connectivity index (χ3n) is 5.55. The Morgan fingerprint density at radius 1 is 0.875 bits per heavy atom. The maximum absolute atomic E-state index is 12.7. The number of allylic oxidation sites excluding steroid dienone is 1. The molecule has 3 aliphatic rings. The molecule has 0 saturated carbocycles. The van der Waals surface area contributed by atoms with E-state index >= 15 is 0 Å². The van der Waals surface area contributed by atoms with Gasteiger partial charge in [0, 0.05) is 19.0 Å². The Hall–Kier alpha value is -2.61. The molecule has 3 aromatic rings. The predicted molar refractivity (Wildman–Crippen MR) is 98.7 cm³/mol. The maximum atomic E-state index is 12.7. The highest BCUT2D eigenvalue weighted by Gasteiger charge is 2.36. The van der Waals surface area contributed by atoms with Gasteiger partial charge in [0.2, 0.25) is 0 Å². The van der Waals surface area contributed by atoms with E-state index in [1.807, 2.05) is 0 Å².